The van der Waals surface area contributed by atoms with E-state index >= 15 is 0 Å². The third kappa shape index (κ3) is 5.02. The molecule has 1 unspecified atom stereocenters. The molecule has 1 aromatic carbocycles. The number of phenols is 1. The number of unbranched alkanes of at least 4 members (excludes halogenated alkanes) is 1. The summed E-state index contributed by atoms with van der Waals surface area (Å²) in [5.41, 5.74) is 2.87. The van der Waals surface area contributed by atoms with E-state index in [1.165, 1.54) is 0 Å². The summed E-state index contributed by atoms with van der Waals surface area (Å²) in [4.78, 5) is 17.5. The Kier molecular flexibility index (Phi) is 6.23. The number of ether oxygens (including phenoxy) is 1. The lowest BCUT2D eigenvalue weighted by atomic mass is 9.78. The largest absolute Gasteiger partial charge is 0.507 e. The minimum atomic E-state index is -0.693. The van der Waals surface area contributed by atoms with Crippen LogP contribution in [0.25, 0.3) is 0 Å². The monoisotopic (exact) mass is 375 g/mol. The van der Waals surface area contributed by atoms with E-state index in [0.29, 0.717) is 24.5 Å². The smallest absolute Gasteiger partial charge is 0.350 e. The second kappa shape index (κ2) is 7.91. The number of benzene rings is 1. The third-order valence-corrected chi connectivity index (χ3v) is 4.73. The van der Waals surface area contributed by atoms with Gasteiger partial charge in [-0.3, -0.25) is 0 Å². The van der Waals surface area contributed by atoms with E-state index in [-0.39, 0.29) is 16.8 Å². The third-order valence-electron chi connectivity index (χ3n) is 4.73. The molecule has 1 atom stereocenters. The number of hydrogen-bond acceptors (Lipinski definition) is 5. The zero-order valence-electron chi connectivity index (χ0n) is 17.7. The first kappa shape index (κ1) is 21.3. The van der Waals surface area contributed by atoms with Crippen LogP contribution >= 0.6 is 0 Å². The first-order valence-electron chi connectivity index (χ1n) is 9.72. The zero-order chi connectivity index (χ0) is 20.4. The molecule has 1 aliphatic heterocycles. The molecular weight excluding hydrogens is 342 g/mol. The van der Waals surface area contributed by atoms with Gasteiger partial charge in [0.25, 0.3) is 0 Å². The lowest BCUT2D eigenvalue weighted by Gasteiger charge is -2.28. The summed E-state index contributed by atoms with van der Waals surface area (Å²) < 4.78 is 5.25. The van der Waals surface area contributed by atoms with Gasteiger partial charge in [0.15, 0.2) is 0 Å². The Morgan fingerprint density at radius 3 is 2.22 bits per heavy atom. The number of carbonyl (C=O) groups is 1. The molecule has 0 fully saturated rings. The molecule has 1 aromatic rings. The minimum Gasteiger partial charge on any atom is -0.507 e. The van der Waals surface area contributed by atoms with Crippen LogP contribution in [0.2, 0.25) is 0 Å². The van der Waals surface area contributed by atoms with Gasteiger partial charge in [-0.25, -0.2) is 4.79 Å². The number of phenolic OH excluding ortho intramolecular Hbond substituents is 1. The van der Waals surface area contributed by atoms with Gasteiger partial charge in [0.05, 0.1) is 12.3 Å². The normalized spacial score (nSPS) is 17.4. The summed E-state index contributed by atoms with van der Waals surface area (Å²) >= 11 is 0. The standard InChI is InChI=1S/C22H33NO4/c1-8-9-10-26-20(25)18-13-17(23-27-18)14-11-15(21(2,3)4)19(24)16(12-14)22(5,6)7/h11-12,18,24H,8-10,13H2,1-7H3. The van der Waals surface area contributed by atoms with E-state index < -0.39 is 6.10 Å². The highest BCUT2D eigenvalue weighted by Crippen LogP contribution is 2.40. The topological polar surface area (TPSA) is 68.1 Å². The summed E-state index contributed by atoms with van der Waals surface area (Å²) in [5.74, 6) is -0.0399. The predicted molar refractivity (Wildman–Crippen MR) is 107 cm³/mol. The van der Waals surface area contributed by atoms with Crippen molar-refractivity contribution in [1.82, 2.24) is 0 Å². The number of oxime groups is 1. The van der Waals surface area contributed by atoms with Crippen LogP contribution in [0, 0.1) is 0 Å². The Bertz CT molecular complexity index is 688. The van der Waals surface area contributed by atoms with Crippen LogP contribution < -0.4 is 0 Å². The summed E-state index contributed by atoms with van der Waals surface area (Å²) in [5, 5.41) is 15.0. The van der Waals surface area contributed by atoms with Gasteiger partial charge in [-0.15, -0.1) is 0 Å². The van der Waals surface area contributed by atoms with Crippen molar-refractivity contribution in [2.75, 3.05) is 6.61 Å². The van der Waals surface area contributed by atoms with E-state index in [2.05, 4.69) is 46.7 Å². The molecule has 0 saturated carbocycles. The molecule has 0 saturated heterocycles. The second-order valence-electron chi connectivity index (χ2n) is 9.28. The molecule has 1 heterocycles. The SMILES string of the molecule is CCCCOC(=O)C1CC(c2cc(C(C)(C)C)c(O)c(C(C)(C)C)c2)=NO1. The fourth-order valence-corrected chi connectivity index (χ4v) is 3.03. The van der Waals surface area contributed by atoms with Crippen LogP contribution in [0.15, 0.2) is 17.3 Å². The van der Waals surface area contributed by atoms with Gasteiger partial charge in [0.1, 0.15) is 5.75 Å². The van der Waals surface area contributed by atoms with Gasteiger partial charge in [-0.2, -0.15) is 0 Å². The van der Waals surface area contributed by atoms with Crippen LogP contribution in [0.1, 0.15) is 84.4 Å². The molecule has 0 aliphatic carbocycles. The van der Waals surface area contributed by atoms with E-state index in [0.717, 1.165) is 29.5 Å². The van der Waals surface area contributed by atoms with Crippen molar-refractivity contribution in [3.63, 3.8) is 0 Å². The molecule has 0 bridgehead atoms. The summed E-state index contributed by atoms with van der Waals surface area (Å²) in [7, 11) is 0. The van der Waals surface area contributed by atoms with E-state index in [9.17, 15) is 9.90 Å². The second-order valence-corrected chi connectivity index (χ2v) is 9.28. The summed E-state index contributed by atoms with van der Waals surface area (Å²) in [6.07, 6.45) is 1.50. The van der Waals surface area contributed by atoms with Crippen LogP contribution in [0.5, 0.6) is 5.75 Å². The molecule has 0 radical (unpaired) electrons. The number of carbonyl (C=O) groups excluding carboxylic acids is 1. The predicted octanol–water partition coefficient (Wildman–Crippen LogP) is 4.82. The fourth-order valence-electron chi connectivity index (χ4n) is 3.03. The van der Waals surface area contributed by atoms with E-state index in [1.807, 2.05) is 19.1 Å². The molecule has 150 valence electrons. The molecule has 0 amide bonds. The number of nitrogens with zero attached hydrogens (tertiary/aromatic N) is 1. The Morgan fingerprint density at radius 2 is 1.74 bits per heavy atom. The van der Waals surface area contributed by atoms with Crippen LogP contribution in [0.4, 0.5) is 0 Å². The quantitative estimate of drug-likeness (QED) is 0.591. The van der Waals surface area contributed by atoms with Crippen molar-refractivity contribution in [3.8, 4) is 5.75 Å². The maximum Gasteiger partial charge on any atom is 0.350 e. The van der Waals surface area contributed by atoms with E-state index in [4.69, 9.17) is 9.57 Å². The highest BCUT2D eigenvalue weighted by molar-refractivity contribution is 6.04. The molecule has 2 rings (SSSR count). The summed E-state index contributed by atoms with van der Waals surface area (Å²) in [6.45, 7) is 14.9. The highest BCUT2D eigenvalue weighted by Gasteiger charge is 2.33. The molecule has 0 aromatic heterocycles. The maximum absolute atomic E-state index is 12.1. The first-order valence-corrected chi connectivity index (χ1v) is 9.72. The van der Waals surface area contributed by atoms with Crippen LogP contribution in [-0.2, 0) is 25.2 Å². The van der Waals surface area contributed by atoms with Crippen molar-refractivity contribution < 1.29 is 19.5 Å². The molecule has 5 heteroatoms. The first-order chi connectivity index (χ1) is 12.4. The number of esters is 1. The van der Waals surface area contributed by atoms with Crippen LogP contribution in [0.3, 0.4) is 0 Å². The minimum absolute atomic E-state index is 0.224. The molecule has 1 N–H and O–H groups in total. The molecular formula is C22H33NO4. The lowest BCUT2D eigenvalue weighted by molar-refractivity contribution is -0.155. The molecule has 5 nitrogen and oxygen atoms in total. The van der Waals surface area contributed by atoms with Gasteiger partial charge in [-0.1, -0.05) is 60.0 Å². The Labute approximate surface area is 162 Å². The molecule has 1 aliphatic rings. The van der Waals surface area contributed by atoms with Crippen molar-refractivity contribution in [3.05, 3.63) is 28.8 Å². The number of aromatic hydroxyl groups is 1. The van der Waals surface area contributed by atoms with Gasteiger partial charge in [-0.05, 0) is 29.4 Å². The average molecular weight is 376 g/mol. The van der Waals surface area contributed by atoms with Gasteiger partial charge in [0, 0.05) is 23.1 Å². The number of hydrogen-bond donors (Lipinski definition) is 1. The number of rotatable bonds is 5. The van der Waals surface area contributed by atoms with Gasteiger partial charge < -0.3 is 14.7 Å². The average Bonchev–Trinajstić information content (AvgIpc) is 3.03. The van der Waals surface area contributed by atoms with Gasteiger partial charge in [0.2, 0.25) is 6.10 Å². The Balaban J connectivity index is 2.30. The van der Waals surface area contributed by atoms with Crippen molar-refractivity contribution in [2.24, 2.45) is 5.16 Å². The highest BCUT2D eigenvalue weighted by atomic mass is 16.7. The van der Waals surface area contributed by atoms with Crippen molar-refractivity contribution >= 4 is 11.7 Å². The molecule has 0 spiro atoms. The lowest BCUT2D eigenvalue weighted by Crippen LogP contribution is -2.24. The Hall–Kier alpha value is -2.04. The van der Waals surface area contributed by atoms with E-state index in [1.54, 1.807) is 0 Å². The summed E-state index contributed by atoms with van der Waals surface area (Å²) in [6, 6.07) is 3.91. The molecule has 27 heavy (non-hydrogen) atoms. The Morgan fingerprint density at radius 1 is 1.19 bits per heavy atom. The van der Waals surface area contributed by atoms with Crippen molar-refractivity contribution in [2.45, 2.75) is 84.7 Å². The van der Waals surface area contributed by atoms with Crippen molar-refractivity contribution in [1.29, 1.82) is 0 Å². The zero-order valence-corrected chi connectivity index (χ0v) is 17.7. The fraction of sp³-hybridized carbons (Fsp3) is 0.636. The maximum atomic E-state index is 12.1. The van der Waals surface area contributed by atoms with Gasteiger partial charge >= 0.3 is 5.97 Å². The van der Waals surface area contributed by atoms with Crippen LogP contribution in [-0.4, -0.2) is 29.5 Å².